The molecule has 6 nitrogen and oxygen atoms in total. The molecule has 0 saturated carbocycles. The summed E-state index contributed by atoms with van der Waals surface area (Å²) in [5.74, 6) is 1.72. The Hall–Kier alpha value is -8.35. The predicted molar refractivity (Wildman–Crippen MR) is 248 cm³/mol. The summed E-state index contributed by atoms with van der Waals surface area (Å²) in [6.07, 6.45) is 0. The van der Waals surface area contributed by atoms with Gasteiger partial charge in [0.05, 0.1) is 16.4 Å². The highest BCUT2D eigenvalue weighted by Crippen LogP contribution is 2.46. The van der Waals surface area contributed by atoms with Gasteiger partial charge in [0.15, 0.2) is 11.6 Å². The van der Waals surface area contributed by atoms with Gasteiger partial charge in [-0.15, -0.1) is 0 Å². The van der Waals surface area contributed by atoms with Gasteiger partial charge in [-0.1, -0.05) is 158 Å². The van der Waals surface area contributed by atoms with Gasteiger partial charge in [0.2, 0.25) is 5.95 Å². The molecule has 4 heterocycles. The van der Waals surface area contributed by atoms with Crippen molar-refractivity contribution < 1.29 is 8.83 Å². The Morgan fingerprint density at radius 3 is 1.79 bits per heavy atom. The number of para-hydroxylation sites is 3. The molecule has 0 unspecified atom stereocenters. The molecule has 0 bridgehead atoms. The lowest BCUT2D eigenvalue weighted by Crippen LogP contribution is -2.06. The monoisotopic (exact) mass is 780 g/mol. The second kappa shape index (κ2) is 13.1. The normalized spacial score (nSPS) is 11.9. The zero-order valence-electron chi connectivity index (χ0n) is 32.6. The van der Waals surface area contributed by atoms with Crippen molar-refractivity contribution in [3.05, 3.63) is 194 Å². The Morgan fingerprint density at radius 1 is 0.328 bits per heavy atom. The number of hydrogen-bond acceptors (Lipinski definition) is 5. The standard InChI is InChI=1S/C55H32N4O2/c1-3-15-33(16-4-1)35-19-13-20-36(31-35)54-56-53(34-17-5-2-6-18-34)57-55(58-54)59-45-27-11-9-24-42(45)50-46(59)30-29-43-49-39-23-8-7-21-37(39)44(32-48(49)61-52(43)50)41-26-14-25-40-38-22-10-12-28-47(38)60-51(40)41/h1-32H. The van der Waals surface area contributed by atoms with Crippen LogP contribution in [0.4, 0.5) is 0 Å². The molecule has 0 fully saturated rings. The van der Waals surface area contributed by atoms with E-state index in [1.807, 2.05) is 48.5 Å². The lowest BCUT2D eigenvalue weighted by atomic mass is 9.93. The summed E-state index contributed by atoms with van der Waals surface area (Å²) in [5, 5.41) is 8.64. The summed E-state index contributed by atoms with van der Waals surface area (Å²) in [7, 11) is 0. The van der Waals surface area contributed by atoms with Crippen LogP contribution in [-0.2, 0) is 0 Å². The van der Waals surface area contributed by atoms with Crippen LogP contribution >= 0.6 is 0 Å². The first-order valence-electron chi connectivity index (χ1n) is 20.4. The van der Waals surface area contributed by atoms with Crippen molar-refractivity contribution in [3.63, 3.8) is 0 Å². The maximum Gasteiger partial charge on any atom is 0.238 e. The van der Waals surface area contributed by atoms with Gasteiger partial charge in [-0.3, -0.25) is 4.57 Å². The molecule has 0 aliphatic carbocycles. The van der Waals surface area contributed by atoms with E-state index in [9.17, 15) is 0 Å². The number of benzene rings is 9. The zero-order chi connectivity index (χ0) is 40.0. The molecule has 0 spiro atoms. The van der Waals surface area contributed by atoms with Crippen LogP contribution in [-0.4, -0.2) is 19.5 Å². The second-order valence-electron chi connectivity index (χ2n) is 15.5. The molecule has 0 N–H and O–H groups in total. The van der Waals surface area contributed by atoms with E-state index in [1.165, 1.54) is 0 Å². The van der Waals surface area contributed by atoms with E-state index < -0.39 is 0 Å². The third-order valence-electron chi connectivity index (χ3n) is 12.1. The van der Waals surface area contributed by atoms with Crippen molar-refractivity contribution >= 4 is 76.5 Å². The van der Waals surface area contributed by atoms with Gasteiger partial charge in [0, 0.05) is 43.6 Å². The van der Waals surface area contributed by atoms with Gasteiger partial charge in [0.1, 0.15) is 22.3 Å². The minimum Gasteiger partial charge on any atom is -0.455 e. The molecular formula is C55H32N4O2. The highest BCUT2D eigenvalue weighted by Gasteiger charge is 2.24. The molecule has 4 aromatic heterocycles. The van der Waals surface area contributed by atoms with Crippen LogP contribution in [0, 0.1) is 0 Å². The number of rotatable bonds is 5. The molecule has 0 amide bonds. The Morgan fingerprint density at radius 2 is 0.951 bits per heavy atom. The van der Waals surface area contributed by atoms with Gasteiger partial charge in [-0.2, -0.15) is 9.97 Å². The smallest absolute Gasteiger partial charge is 0.238 e. The third kappa shape index (κ3) is 5.12. The van der Waals surface area contributed by atoms with E-state index in [0.717, 1.165) is 110 Å². The van der Waals surface area contributed by atoms with Crippen LogP contribution in [0.15, 0.2) is 203 Å². The summed E-state index contributed by atoms with van der Waals surface area (Å²) < 4.78 is 15.8. The second-order valence-corrected chi connectivity index (χ2v) is 15.5. The summed E-state index contributed by atoms with van der Waals surface area (Å²) in [6, 6.07) is 67.2. The minimum absolute atomic E-state index is 0.530. The van der Waals surface area contributed by atoms with Crippen molar-refractivity contribution in [1.29, 1.82) is 0 Å². The molecule has 13 rings (SSSR count). The van der Waals surface area contributed by atoms with Crippen LogP contribution in [0.5, 0.6) is 0 Å². The SMILES string of the molecule is c1ccc(-c2cccc(-c3nc(-c4ccccc4)nc(-n4c5ccccc5c5c6oc7cc(-c8cccc9c8oc8ccccc89)c8ccccc8c7c6ccc54)n3)c2)cc1. The molecular weight excluding hydrogens is 749 g/mol. The molecule has 6 heteroatoms. The minimum atomic E-state index is 0.530. The Bertz CT molecular complexity index is 3880. The van der Waals surface area contributed by atoms with E-state index in [4.69, 9.17) is 23.8 Å². The van der Waals surface area contributed by atoms with E-state index >= 15 is 0 Å². The fraction of sp³-hybridized carbons (Fsp3) is 0. The fourth-order valence-corrected chi connectivity index (χ4v) is 9.33. The quantitative estimate of drug-likeness (QED) is 0.174. The summed E-state index contributed by atoms with van der Waals surface area (Å²) in [5.41, 5.74) is 11.4. The van der Waals surface area contributed by atoms with Gasteiger partial charge in [-0.05, 0) is 63.9 Å². The van der Waals surface area contributed by atoms with Crippen LogP contribution in [0.3, 0.4) is 0 Å². The molecule has 284 valence electrons. The Labute approximate surface area is 348 Å². The van der Waals surface area contributed by atoms with Crippen LogP contribution < -0.4 is 0 Å². The lowest BCUT2D eigenvalue weighted by Gasteiger charge is -2.11. The molecule has 0 radical (unpaired) electrons. The maximum absolute atomic E-state index is 7.11. The Kier molecular flexibility index (Phi) is 7.21. The highest BCUT2D eigenvalue weighted by atomic mass is 16.3. The van der Waals surface area contributed by atoms with Crippen molar-refractivity contribution in [2.75, 3.05) is 0 Å². The van der Waals surface area contributed by atoms with Crippen LogP contribution in [0.25, 0.3) is 127 Å². The molecule has 0 aliphatic rings. The fourth-order valence-electron chi connectivity index (χ4n) is 9.33. The van der Waals surface area contributed by atoms with Gasteiger partial charge in [0.25, 0.3) is 0 Å². The number of fused-ring (bicyclic) bond motifs is 12. The summed E-state index contributed by atoms with van der Waals surface area (Å²) in [4.78, 5) is 15.6. The summed E-state index contributed by atoms with van der Waals surface area (Å²) in [6.45, 7) is 0. The molecule has 61 heavy (non-hydrogen) atoms. The Balaban J connectivity index is 1.07. The first kappa shape index (κ1) is 33.6. The lowest BCUT2D eigenvalue weighted by molar-refractivity contribution is 0.669. The first-order chi connectivity index (χ1) is 30.2. The average molecular weight is 781 g/mol. The number of hydrogen-bond donors (Lipinski definition) is 0. The topological polar surface area (TPSA) is 69.9 Å². The van der Waals surface area contributed by atoms with Crippen LogP contribution in [0.2, 0.25) is 0 Å². The van der Waals surface area contributed by atoms with E-state index in [2.05, 4.69) is 150 Å². The molecule has 0 atom stereocenters. The molecule has 9 aromatic carbocycles. The van der Waals surface area contributed by atoms with Crippen LogP contribution in [0.1, 0.15) is 0 Å². The zero-order valence-corrected chi connectivity index (χ0v) is 32.6. The van der Waals surface area contributed by atoms with Gasteiger partial charge in [-0.25, -0.2) is 4.98 Å². The van der Waals surface area contributed by atoms with Crippen molar-refractivity contribution in [1.82, 2.24) is 19.5 Å². The first-order valence-corrected chi connectivity index (χ1v) is 20.4. The number of furan rings is 2. The van der Waals surface area contributed by atoms with Crippen molar-refractivity contribution in [2.24, 2.45) is 0 Å². The van der Waals surface area contributed by atoms with Crippen molar-refractivity contribution in [3.8, 4) is 51.0 Å². The summed E-state index contributed by atoms with van der Waals surface area (Å²) >= 11 is 0. The molecule has 13 aromatic rings. The molecule has 0 aliphatic heterocycles. The van der Waals surface area contributed by atoms with Gasteiger partial charge >= 0.3 is 0 Å². The average Bonchev–Trinajstić information content (AvgIpc) is 4.01. The van der Waals surface area contributed by atoms with E-state index in [0.29, 0.717) is 17.6 Å². The van der Waals surface area contributed by atoms with Gasteiger partial charge < -0.3 is 8.83 Å². The van der Waals surface area contributed by atoms with E-state index in [1.54, 1.807) is 0 Å². The maximum atomic E-state index is 7.11. The van der Waals surface area contributed by atoms with E-state index in [-0.39, 0.29) is 0 Å². The third-order valence-corrected chi connectivity index (χ3v) is 12.1. The number of aromatic nitrogens is 4. The molecule has 0 saturated heterocycles. The predicted octanol–water partition coefficient (Wildman–Crippen LogP) is 14.6. The highest BCUT2D eigenvalue weighted by molar-refractivity contribution is 6.29. The van der Waals surface area contributed by atoms with Crippen molar-refractivity contribution in [2.45, 2.75) is 0 Å². The largest absolute Gasteiger partial charge is 0.455 e. The number of nitrogens with zero attached hydrogens (tertiary/aromatic N) is 4.